The quantitative estimate of drug-likeness (QED) is 0.783. The smallest absolute Gasteiger partial charge is 0.385 e. The van der Waals surface area contributed by atoms with Gasteiger partial charge in [0.2, 0.25) is 0 Å². The molecule has 0 saturated heterocycles. The predicted octanol–water partition coefficient (Wildman–Crippen LogP) is 3.47. The van der Waals surface area contributed by atoms with Gasteiger partial charge < -0.3 is 5.11 Å². The second-order valence-corrected chi connectivity index (χ2v) is 4.32. The summed E-state index contributed by atoms with van der Waals surface area (Å²) in [6, 6.07) is 5.02. The highest BCUT2D eigenvalue weighted by atomic mass is 19.4. The lowest BCUT2D eigenvalue weighted by Crippen LogP contribution is -2.21. The van der Waals surface area contributed by atoms with Gasteiger partial charge in [-0.3, -0.25) is 0 Å². The van der Waals surface area contributed by atoms with E-state index in [1.165, 1.54) is 6.07 Å². The Kier molecular flexibility index (Phi) is 2.70. The van der Waals surface area contributed by atoms with Crippen LogP contribution >= 0.6 is 0 Å². The molecule has 0 heterocycles. The average Bonchev–Trinajstić information content (AvgIpc) is 2.66. The number of hydrogen-bond acceptors (Lipinski definition) is 1. The van der Waals surface area contributed by atoms with Gasteiger partial charge in [-0.2, -0.15) is 13.2 Å². The van der Waals surface area contributed by atoms with Crippen molar-refractivity contribution in [3.05, 3.63) is 35.4 Å². The summed E-state index contributed by atoms with van der Waals surface area (Å²) in [6.45, 7) is 0. The van der Waals surface area contributed by atoms with Crippen molar-refractivity contribution in [1.82, 2.24) is 0 Å². The van der Waals surface area contributed by atoms with Crippen molar-refractivity contribution in [2.75, 3.05) is 0 Å². The van der Waals surface area contributed by atoms with E-state index in [0.717, 1.165) is 25.0 Å². The molecule has 0 radical (unpaired) electrons. The third-order valence-electron chi connectivity index (χ3n) is 3.16. The van der Waals surface area contributed by atoms with E-state index in [1.807, 2.05) is 0 Å². The van der Waals surface area contributed by atoms with Crippen LogP contribution in [0.3, 0.4) is 0 Å². The maximum atomic E-state index is 12.5. The van der Waals surface area contributed by atoms with Crippen LogP contribution in [-0.2, 0) is 11.8 Å². The first-order valence-electron chi connectivity index (χ1n) is 5.32. The molecule has 0 unspecified atom stereocenters. The third-order valence-corrected chi connectivity index (χ3v) is 3.16. The molecule has 1 saturated carbocycles. The van der Waals surface area contributed by atoms with Crippen molar-refractivity contribution in [3.8, 4) is 0 Å². The van der Waals surface area contributed by atoms with Gasteiger partial charge in [0.05, 0.1) is 11.2 Å². The largest absolute Gasteiger partial charge is 0.416 e. The van der Waals surface area contributed by atoms with Crippen LogP contribution in [0.15, 0.2) is 24.3 Å². The minimum atomic E-state index is -4.34. The van der Waals surface area contributed by atoms with Gasteiger partial charge in [0.25, 0.3) is 0 Å². The summed E-state index contributed by atoms with van der Waals surface area (Å²) in [5.41, 5.74) is -1.36. The lowest BCUT2D eigenvalue weighted by atomic mass is 9.91. The second kappa shape index (κ2) is 3.77. The Labute approximate surface area is 91.9 Å². The molecule has 0 atom stereocenters. The van der Waals surface area contributed by atoms with Gasteiger partial charge in [0.1, 0.15) is 0 Å². The Morgan fingerprint density at radius 1 is 1.12 bits per heavy atom. The van der Waals surface area contributed by atoms with Crippen molar-refractivity contribution in [3.63, 3.8) is 0 Å². The van der Waals surface area contributed by atoms with E-state index in [9.17, 15) is 18.3 Å². The fourth-order valence-corrected chi connectivity index (χ4v) is 2.23. The summed E-state index contributed by atoms with van der Waals surface area (Å²) in [4.78, 5) is 0. The Morgan fingerprint density at radius 2 is 1.75 bits per heavy atom. The molecule has 0 aliphatic heterocycles. The molecule has 0 aromatic heterocycles. The monoisotopic (exact) mass is 230 g/mol. The predicted molar refractivity (Wildman–Crippen MR) is 53.8 cm³/mol. The van der Waals surface area contributed by atoms with E-state index in [0.29, 0.717) is 18.4 Å². The lowest BCUT2D eigenvalue weighted by Gasteiger charge is -2.23. The highest BCUT2D eigenvalue weighted by molar-refractivity contribution is 5.30. The minimum absolute atomic E-state index is 0.389. The molecule has 0 spiro atoms. The van der Waals surface area contributed by atoms with E-state index in [4.69, 9.17) is 0 Å². The molecule has 4 heteroatoms. The minimum Gasteiger partial charge on any atom is -0.385 e. The first kappa shape index (κ1) is 11.5. The van der Waals surface area contributed by atoms with Gasteiger partial charge in [-0.15, -0.1) is 0 Å². The Hall–Kier alpha value is -1.03. The van der Waals surface area contributed by atoms with E-state index in [2.05, 4.69) is 0 Å². The van der Waals surface area contributed by atoms with Crippen molar-refractivity contribution in [2.24, 2.45) is 0 Å². The summed E-state index contributed by atoms with van der Waals surface area (Å²) in [6.07, 6.45) is -1.51. The molecular formula is C12H13F3O. The summed E-state index contributed by atoms with van der Waals surface area (Å²) in [5.74, 6) is 0. The normalized spacial score (nSPS) is 20.0. The van der Waals surface area contributed by atoms with Gasteiger partial charge in [-0.05, 0) is 30.5 Å². The Bertz CT molecular complexity index is 378. The number of hydrogen-bond donors (Lipinski definition) is 1. The zero-order valence-electron chi connectivity index (χ0n) is 8.72. The fraction of sp³-hybridized carbons (Fsp3) is 0.500. The third kappa shape index (κ3) is 2.07. The summed E-state index contributed by atoms with van der Waals surface area (Å²) < 4.78 is 37.5. The summed E-state index contributed by atoms with van der Waals surface area (Å²) in [7, 11) is 0. The zero-order chi connectivity index (χ0) is 11.8. The van der Waals surface area contributed by atoms with Crippen LogP contribution in [0.5, 0.6) is 0 Å². The Balaban J connectivity index is 2.36. The molecular weight excluding hydrogens is 217 g/mol. The molecule has 1 aromatic rings. The number of alkyl halides is 3. The van der Waals surface area contributed by atoms with Crippen LogP contribution in [0.2, 0.25) is 0 Å². The summed E-state index contributed by atoms with van der Waals surface area (Å²) >= 11 is 0. The van der Waals surface area contributed by atoms with E-state index < -0.39 is 17.3 Å². The highest BCUT2D eigenvalue weighted by Crippen LogP contribution is 2.40. The van der Waals surface area contributed by atoms with Crippen molar-refractivity contribution >= 4 is 0 Å². The van der Waals surface area contributed by atoms with Crippen molar-refractivity contribution in [1.29, 1.82) is 0 Å². The van der Waals surface area contributed by atoms with Crippen LogP contribution < -0.4 is 0 Å². The van der Waals surface area contributed by atoms with Crippen LogP contribution in [0.4, 0.5) is 13.2 Å². The number of rotatable bonds is 1. The van der Waals surface area contributed by atoms with E-state index >= 15 is 0 Å². The van der Waals surface area contributed by atoms with Crippen molar-refractivity contribution in [2.45, 2.75) is 37.5 Å². The molecule has 1 fully saturated rings. The molecule has 16 heavy (non-hydrogen) atoms. The van der Waals surface area contributed by atoms with Crippen molar-refractivity contribution < 1.29 is 18.3 Å². The number of benzene rings is 1. The fourth-order valence-electron chi connectivity index (χ4n) is 2.23. The van der Waals surface area contributed by atoms with Gasteiger partial charge in [-0.1, -0.05) is 25.0 Å². The van der Waals surface area contributed by atoms with Gasteiger partial charge >= 0.3 is 6.18 Å². The summed E-state index contributed by atoms with van der Waals surface area (Å²) in [5, 5.41) is 10.2. The van der Waals surface area contributed by atoms with E-state index in [1.54, 1.807) is 6.07 Å². The standard InChI is InChI=1S/C12H13F3O/c13-12(14,15)10-5-3-4-9(8-10)11(16)6-1-2-7-11/h3-5,8,16H,1-2,6-7H2. The first-order chi connectivity index (χ1) is 7.42. The average molecular weight is 230 g/mol. The molecule has 88 valence electrons. The Morgan fingerprint density at radius 3 is 2.31 bits per heavy atom. The molecule has 1 nitrogen and oxygen atoms in total. The van der Waals surface area contributed by atoms with Crippen LogP contribution in [0, 0.1) is 0 Å². The number of aliphatic hydroxyl groups is 1. The molecule has 2 rings (SSSR count). The number of halogens is 3. The maximum absolute atomic E-state index is 12.5. The molecule has 1 aliphatic carbocycles. The van der Waals surface area contributed by atoms with Crippen LogP contribution in [0.1, 0.15) is 36.8 Å². The second-order valence-electron chi connectivity index (χ2n) is 4.32. The molecule has 1 aliphatic rings. The van der Waals surface area contributed by atoms with E-state index in [-0.39, 0.29) is 0 Å². The first-order valence-corrected chi connectivity index (χ1v) is 5.32. The van der Waals surface area contributed by atoms with Crippen LogP contribution in [-0.4, -0.2) is 5.11 Å². The molecule has 0 amide bonds. The van der Waals surface area contributed by atoms with Gasteiger partial charge in [0, 0.05) is 0 Å². The molecule has 0 bridgehead atoms. The zero-order valence-corrected chi connectivity index (χ0v) is 8.72. The maximum Gasteiger partial charge on any atom is 0.416 e. The molecule has 1 N–H and O–H groups in total. The van der Waals surface area contributed by atoms with Gasteiger partial charge in [0.15, 0.2) is 0 Å². The molecule has 1 aromatic carbocycles. The highest BCUT2D eigenvalue weighted by Gasteiger charge is 2.36. The van der Waals surface area contributed by atoms with Gasteiger partial charge in [-0.25, -0.2) is 0 Å². The van der Waals surface area contributed by atoms with Crippen LogP contribution in [0.25, 0.3) is 0 Å². The lowest BCUT2D eigenvalue weighted by molar-refractivity contribution is -0.137. The SMILES string of the molecule is OC1(c2cccc(C(F)(F)F)c2)CCCC1. The topological polar surface area (TPSA) is 20.2 Å².